The Balaban J connectivity index is 0.000000169. The molecule has 0 aliphatic carbocycles. The standard InChI is InChI=1S/C13H7Br2N3.C13H11BrClN3/c14-12-6-8(1-4-17-12)11-5-9-7-16-3-2-10(9)13(15)18-11;14-13-11-3-6-17-8-10(11)7-12(18-13)9(1-4-15)2-5-16/h1-7H;1-3,5-8H,4,16H2/b;5-2-,9-1+. The fraction of sp³-hybridized carbons (Fsp3) is 0.0385. The number of fused-ring (bicyclic) bond motifs is 2. The van der Waals surface area contributed by atoms with Crippen molar-refractivity contribution in [3.8, 4) is 11.3 Å². The van der Waals surface area contributed by atoms with Crippen molar-refractivity contribution in [2.75, 3.05) is 5.88 Å². The summed E-state index contributed by atoms with van der Waals surface area (Å²) in [5, 5.41) is 4.15. The minimum atomic E-state index is 0.407. The normalized spacial score (nSPS) is 11.6. The molecule has 5 rings (SSSR count). The quantitative estimate of drug-likeness (QED) is 0.118. The minimum Gasteiger partial charge on any atom is -0.405 e. The topological polar surface area (TPSA) is 90.5 Å². The average molecular weight is 690 g/mol. The van der Waals surface area contributed by atoms with Gasteiger partial charge in [-0.2, -0.15) is 0 Å². The first kappa shape index (κ1) is 26.3. The van der Waals surface area contributed by atoms with E-state index in [0.29, 0.717) is 5.88 Å². The number of allylic oxidation sites excluding steroid dienone is 3. The van der Waals surface area contributed by atoms with Gasteiger partial charge in [0, 0.05) is 64.0 Å². The van der Waals surface area contributed by atoms with Crippen LogP contribution in [0.4, 0.5) is 0 Å². The molecule has 0 saturated heterocycles. The molecule has 0 bridgehead atoms. The van der Waals surface area contributed by atoms with E-state index in [0.717, 1.165) is 57.9 Å². The first-order valence-corrected chi connectivity index (χ1v) is 13.5. The summed E-state index contributed by atoms with van der Waals surface area (Å²) in [6, 6.07) is 11.7. The van der Waals surface area contributed by atoms with Gasteiger partial charge < -0.3 is 5.73 Å². The van der Waals surface area contributed by atoms with Crippen molar-refractivity contribution in [1.82, 2.24) is 24.9 Å². The molecule has 0 aromatic carbocycles. The molecule has 2 N–H and O–H groups in total. The molecule has 6 nitrogen and oxygen atoms in total. The number of halogens is 4. The number of nitrogens with zero attached hydrogens (tertiary/aromatic N) is 5. The summed E-state index contributed by atoms with van der Waals surface area (Å²) in [4.78, 5) is 21.4. The Labute approximate surface area is 238 Å². The number of hydrogen-bond acceptors (Lipinski definition) is 6. The van der Waals surface area contributed by atoms with Crippen LogP contribution in [0, 0.1) is 0 Å². The van der Waals surface area contributed by atoms with Gasteiger partial charge in [-0.25, -0.2) is 15.0 Å². The van der Waals surface area contributed by atoms with Crippen LogP contribution in [-0.2, 0) is 0 Å². The van der Waals surface area contributed by atoms with Gasteiger partial charge in [0.15, 0.2) is 0 Å². The lowest BCUT2D eigenvalue weighted by Crippen LogP contribution is -1.92. The molecule has 0 spiro atoms. The molecule has 10 heteroatoms. The lowest BCUT2D eigenvalue weighted by molar-refractivity contribution is 1.25. The molecule has 0 fully saturated rings. The molecule has 180 valence electrons. The Morgan fingerprint density at radius 2 is 1.53 bits per heavy atom. The molecule has 36 heavy (non-hydrogen) atoms. The molecule has 0 saturated carbocycles. The number of rotatable bonds is 4. The van der Waals surface area contributed by atoms with E-state index < -0.39 is 0 Å². The highest BCUT2D eigenvalue weighted by Crippen LogP contribution is 2.28. The van der Waals surface area contributed by atoms with Crippen LogP contribution in [0.5, 0.6) is 0 Å². The zero-order valence-corrected chi connectivity index (χ0v) is 24.1. The van der Waals surface area contributed by atoms with E-state index in [1.807, 2.05) is 48.7 Å². The third-order valence-electron chi connectivity index (χ3n) is 5.06. The first-order valence-electron chi connectivity index (χ1n) is 10.6. The Morgan fingerprint density at radius 1 is 0.861 bits per heavy atom. The fourth-order valence-corrected chi connectivity index (χ4v) is 5.05. The molecule has 0 radical (unpaired) electrons. The van der Waals surface area contributed by atoms with Crippen LogP contribution in [0.25, 0.3) is 38.4 Å². The van der Waals surface area contributed by atoms with Crippen LogP contribution >= 0.6 is 59.4 Å². The molecule has 5 heterocycles. The molecular formula is C26H18Br3ClN6. The SMILES string of the molecule is Brc1cc(-c2cc3cnccc3c(Br)n2)ccn1.N/C=C\C(=C/CCl)c1cc2cnccc2c(Br)n1. The summed E-state index contributed by atoms with van der Waals surface area (Å²) >= 11 is 16.1. The summed E-state index contributed by atoms with van der Waals surface area (Å²) in [7, 11) is 0. The van der Waals surface area contributed by atoms with E-state index in [1.165, 1.54) is 6.20 Å². The van der Waals surface area contributed by atoms with Crippen LogP contribution in [0.1, 0.15) is 5.69 Å². The van der Waals surface area contributed by atoms with Crippen LogP contribution in [0.3, 0.4) is 0 Å². The second kappa shape index (κ2) is 12.5. The fourth-order valence-electron chi connectivity index (χ4n) is 3.41. The van der Waals surface area contributed by atoms with Gasteiger partial charge in [-0.15, -0.1) is 11.6 Å². The molecule has 5 aromatic heterocycles. The zero-order chi connectivity index (χ0) is 25.5. The second-order valence-electron chi connectivity index (χ2n) is 7.33. The van der Waals surface area contributed by atoms with Gasteiger partial charge in [0.25, 0.3) is 0 Å². The number of pyridine rings is 5. The van der Waals surface area contributed by atoms with Crippen molar-refractivity contribution in [2.45, 2.75) is 0 Å². The van der Waals surface area contributed by atoms with Gasteiger partial charge in [0.05, 0.1) is 11.4 Å². The Morgan fingerprint density at radius 3 is 2.17 bits per heavy atom. The van der Waals surface area contributed by atoms with Crippen molar-refractivity contribution >= 4 is 86.5 Å². The summed E-state index contributed by atoms with van der Waals surface area (Å²) in [6.45, 7) is 0. The lowest BCUT2D eigenvalue weighted by atomic mass is 10.1. The van der Waals surface area contributed by atoms with Gasteiger partial charge in [0.2, 0.25) is 0 Å². The van der Waals surface area contributed by atoms with Gasteiger partial charge >= 0.3 is 0 Å². The maximum absolute atomic E-state index is 5.74. The van der Waals surface area contributed by atoms with E-state index >= 15 is 0 Å². The highest BCUT2D eigenvalue weighted by Gasteiger charge is 2.07. The van der Waals surface area contributed by atoms with Crippen molar-refractivity contribution in [3.63, 3.8) is 0 Å². The minimum absolute atomic E-state index is 0.407. The van der Waals surface area contributed by atoms with Gasteiger partial charge in [0.1, 0.15) is 13.8 Å². The molecular weight excluding hydrogens is 671 g/mol. The maximum Gasteiger partial charge on any atom is 0.114 e. The monoisotopic (exact) mass is 686 g/mol. The highest BCUT2D eigenvalue weighted by atomic mass is 79.9. The van der Waals surface area contributed by atoms with E-state index in [9.17, 15) is 0 Å². The summed E-state index contributed by atoms with van der Waals surface area (Å²) in [6.07, 6.45) is 14.0. The smallest absolute Gasteiger partial charge is 0.114 e. The molecule has 0 atom stereocenters. The Kier molecular flexibility index (Phi) is 9.14. The predicted octanol–water partition coefficient (Wildman–Crippen LogP) is 7.70. The van der Waals surface area contributed by atoms with E-state index in [1.54, 1.807) is 30.9 Å². The van der Waals surface area contributed by atoms with Gasteiger partial charge in [-0.1, -0.05) is 6.08 Å². The number of aromatic nitrogens is 5. The van der Waals surface area contributed by atoms with E-state index in [2.05, 4.69) is 72.7 Å². The van der Waals surface area contributed by atoms with Crippen molar-refractivity contribution in [1.29, 1.82) is 0 Å². The van der Waals surface area contributed by atoms with Crippen LogP contribution in [0.15, 0.2) is 99.5 Å². The molecule has 0 aliphatic heterocycles. The molecule has 0 aliphatic rings. The summed E-state index contributed by atoms with van der Waals surface area (Å²) < 4.78 is 2.40. The van der Waals surface area contributed by atoms with Crippen molar-refractivity contribution in [3.05, 3.63) is 105 Å². The average Bonchev–Trinajstić information content (AvgIpc) is 2.89. The second-order valence-corrected chi connectivity index (χ2v) is 9.95. The van der Waals surface area contributed by atoms with Gasteiger partial charge in [-0.05, 0) is 102 Å². The third kappa shape index (κ3) is 6.34. The molecule has 0 unspecified atom stereocenters. The Hall–Kier alpha value is -2.72. The zero-order valence-electron chi connectivity index (χ0n) is 18.6. The van der Waals surface area contributed by atoms with Crippen molar-refractivity contribution < 1.29 is 0 Å². The Bertz CT molecular complexity index is 1590. The number of alkyl halides is 1. The lowest BCUT2D eigenvalue weighted by Gasteiger charge is -2.06. The van der Waals surface area contributed by atoms with E-state index in [4.69, 9.17) is 17.3 Å². The molecule has 5 aromatic rings. The number of nitrogens with two attached hydrogens (primary N) is 1. The van der Waals surface area contributed by atoms with E-state index in [-0.39, 0.29) is 0 Å². The highest BCUT2D eigenvalue weighted by molar-refractivity contribution is 9.11. The predicted molar refractivity (Wildman–Crippen MR) is 157 cm³/mol. The van der Waals surface area contributed by atoms with Crippen LogP contribution in [0.2, 0.25) is 0 Å². The number of hydrogen-bond donors (Lipinski definition) is 1. The van der Waals surface area contributed by atoms with Crippen LogP contribution < -0.4 is 5.73 Å². The summed E-state index contributed by atoms with van der Waals surface area (Å²) in [5.74, 6) is 0.407. The third-order valence-corrected chi connectivity index (χ3v) is 6.86. The van der Waals surface area contributed by atoms with Gasteiger partial charge in [-0.3, -0.25) is 9.97 Å². The van der Waals surface area contributed by atoms with Crippen molar-refractivity contribution in [2.24, 2.45) is 5.73 Å². The maximum atomic E-state index is 5.74. The van der Waals surface area contributed by atoms with Crippen LogP contribution in [-0.4, -0.2) is 30.8 Å². The largest absolute Gasteiger partial charge is 0.405 e. The first-order chi connectivity index (χ1) is 17.5. The molecule has 0 amide bonds. The summed E-state index contributed by atoms with van der Waals surface area (Å²) in [5.41, 5.74) is 9.04.